The van der Waals surface area contributed by atoms with Crippen LogP contribution in [0.4, 0.5) is 10.2 Å². The fraction of sp³-hybridized carbons (Fsp3) is 0.158. The van der Waals surface area contributed by atoms with Gasteiger partial charge in [0.05, 0.1) is 29.3 Å². The Morgan fingerprint density at radius 2 is 2.21 bits per heavy atom. The van der Waals surface area contributed by atoms with Crippen LogP contribution in [0.3, 0.4) is 0 Å². The van der Waals surface area contributed by atoms with Gasteiger partial charge in [-0.25, -0.2) is 18.9 Å². The van der Waals surface area contributed by atoms with Gasteiger partial charge in [-0.15, -0.1) is 0 Å². The molecule has 0 aromatic carbocycles. The van der Waals surface area contributed by atoms with E-state index in [1.807, 2.05) is 4.90 Å². The van der Waals surface area contributed by atoms with Gasteiger partial charge in [-0.1, -0.05) is 11.6 Å². The monoisotopic (exact) mass is 393 g/mol. The van der Waals surface area contributed by atoms with E-state index in [-0.39, 0.29) is 17.0 Å². The van der Waals surface area contributed by atoms with Crippen LogP contribution in [-0.4, -0.2) is 31.1 Å². The fourth-order valence-electron chi connectivity index (χ4n) is 3.65. The molecule has 0 saturated carbocycles. The smallest absolute Gasteiger partial charge is 0.148 e. The fourth-order valence-corrected chi connectivity index (χ4v) is 3.86. The predicted octanol–water partition coefficient (Wildman–Crippen LogP) is 3.27. The second kappa shape index (κ2) is 6.32. The van der Waals surface area contributed by atoms with Crippen molar-refractivity contribution in [1.29, 1.82) is 5.26 Å². The van der Waals surface area contributed by atoms with Gasteiger partial charge in [0.15, 0.2) is 0 Å². The normalized spacial score (nSPS) is 16.2. The quantitative estimate of drug-likeness (QED) is 0.528. The number of rotatable bonds is 2. The number of nitrogens with zero attached hydrogens (tertiary/aromatic N) is 6. The number of halogens is 2. The number of aromatic nitrogens is 5. The molecule has 0 fully saturated rings. The molecule has 0 aliphatic carbocycles. The molecule has 9 heteroatoms. The minimum absolute atomic E-state index is 0.238. The first-order chi connectivity index (χ1) is 13.6. The summed E-state index contributed by atoms with van der Waals surface area (Å²) in [6.45, 7) is 0.619. The third-order valence-corrected chi connectivity index (χ3v) is 5.07. The topological polar surface area (TPSA) is 85.9 Å². The maximum atomic E-state index is 14.2. The molecule has 0 bridgehead atoms. The Kier molecular flexibility index (Phi) is 3.77. The number of hydrogen-bond donors (Lipinski definition) is 1. The van der Waals surface area contributed by atoms with E-state index in [1.165, 1.54) is 16.6 Å². The summed E-state index contributed by atoms with van der Waals surface area (Å²) in [5, 5.41) is 14.1. The number of pyridine rings is 2. The van der Waals surface area contributed by atoms with Crippen LogP contribution in [0.25, 0.3) is 5.52 Å². The Bertz CT molecular complexity index is 1240. The molecule has 5 heterocycles. The molecule has 28 heavy (non-hydrogen) atoms. The Morgan fingerprint density at radius 3 is 3.04 bits per heavy atom. The van der Waals surface area contributed by atoms with Crippen LogP contribution in [0.5, 0.6) is 0 Å². The lowest BCUT2D eigenvalue weighted by Gasteiger charge is -2.35. The highest BCUT2D eigenvalue weighted by molar-refractivity contribution is 6.29. The van der Waals surface area contributed by atoms with E-state index >= 15 is 0 Å². The molecule has 0 unspecified atom stereocenters. The van der Waals surface area contributed by atoms with Crippen molar-refractivity contribution in [2.45, 2.75) is 12.5 Å². The highest BCUT2D eigenvalue weighted by Gasteiger charge is 2.34. The maximum Gasteiger partial charge on any atom is 0.148 e. The van der Waals surface area contributed by atoms with Gasteiger partial charge >= 0.3 is 0 Å². The average molecular weight is 394 g/mol. The molecular formula is C19H13ClFN7. The summed E-state index contributed by atoms with van der Waals surface area (Å²) >= 11 is 6.13. The molecule has 0 spiro atoms. The van der Waals surface area contributed by atoms with E-state index in [4.69, 9.17) is 11.6 Å². The number of H-pyrrole nitrogens is 1. The maximum absolute atomic E-state index is 14.2. The molecule has 1 aliphatic rings. The van der Waals surface area contributed by atoms with Crippen molar-refractivity contribution in [3.05, 3.63) is 76.5 Å². The van der Waals surface area contributed by atoms with Crippen molar-refractivity contribution in [3.63, 3.8) is 0 Å². The van der Waals surface area contributed by atoms with Crippen LogP contribution in [0.15, 0.2) is 42.9 Å². The van der Waals surface area contributed by atoms with Gasteiger partial charge < -0.3 is 9.88 Å². The van der Waals surface area contributed by atoms with Gasteiger partial charge in [0, 0.05) is 24.9 Å². The van der Waals surface area contributed by atoms with Crippen molar-refractivity contribution < 1.29 is 4.39 Å². The summed E-state index contributed by atoms with van der Waals surface area (Å²) in [6, 6.07) is 9.65. The van der Waals surface area contributed by atoms with E-state index in [0.29, 0.717) is 29.1 Å². The lowest BCUT2D eigenvalue weighted by Crippen LogP contribution is -2.37. The van der Waals surface area contributed by atoms with E-state index in [2.05, 4.69) is 26.1 Å². The average Bonchev–Trinajstić information content (AvgIpc) is 3.34. The van der Waals surface area contributed by atoms with Gasteiger partial charge in [0.1, 0.15) is 28.3 Å². The van der Waals surface area contributed by atoms with E-state index < -0.39 is 0 Å². The van der Waals surface area contributed by atoms with Gasteiger partial charge in [-0.3, -0.25) is 0 Å². The molecular weight excluding hydrogens is 381 g/mol. The summed E-state index contributed by atoms with van der Waals surface area (Å²) in [6.07, 6.45) is 4.07. The molecule has 138 valence electrons. The molecule has 4 aromatic rings. The zero-order valence-electron chi connectivity index (χ0n) is 14.5. The highest BCUT2D eigenvalue weighted by atomic mass is 35.5. The van der Waals surface area contributed by atoms with E-state index in [0.717, 1.165) is 17.8 Å². The number of hydrogen-bond acceptors (Lipinski definition) is 5. The second-order valence-corrected chi connectivity index (χ2v) is 6.90. The zero-order chi connectivity index (χ0) is 19.3. The number of anilines is 1. The number of imidazole rings is 1. The number of fused-ring (bicyclic) bond motifs is 2. The summed E-state index contributed by atoms with van der Waals surface area (Å²) < 4.78 is 15.7. The predicted molar refractivity (Wildman–Crippen MR) is 101 cm³/mol. The van der Waals surface area contributed by atoms with Crippen molar-refractivity contribution in [3.8, 4) is 6.07 Å². The molecule has 1 N–H and O–H groups in total. The molecule has 1 aliphatic heterocycles. The minimum atomic E-state index is -0.383. The summed E-state index contributed by atoms with van der Waals surface area (Å²) in [5.74, 6) is 0.207. The Balaban J connectivity index is 1.70. The van der Waals surface area contributed by atoms with E-state index in [9.17, 15) is 9.65 Å². The van der Waals surface area contributed by atoms with Crippen molar-refractivity contribution in [2.24, 2.45) is 0 Å². The van der Waals surface area contributed by atoms with Crippen LogP contribution < -0.4 is 4.90 Å². The van der Waals surface area contributed by atoms with E-state index in [1.54, 1.807) is 30.7 Å². The SMILES string of the molecule is N#Cc1cc(Cl)nc(N2CCc3[nH]cnc3[C@@H]2c2cc3c(F)cccn3n2)c1. The van der Waals surface area contributed by atoms with Gasteiger partial charge in [-0.05, 0) is 30.3 Å². The lowest BCUT2D eigenvalue weighted by atomic mass is 9.99. The second-order valence-electron chi connectivity index (χ2n) is 6.52. The molecule has 4 aromatic heterocycles. The van der Waals surface area contributed by atoms with Crippen LogP contribution in [0, 0.1) is 17.1 Å². The van der Waals surface area contributed by atoms with Crippen LogP contribution in [0.1, 0.15) is 28.7 Å². The third kappa shape index (κ3) is 2.60. The molecule has 5 rings (SSSR count). The summed E-state index contributed by atoms with van der Waals surface area (Å²) in [7, 11) is 0. The van der Waals surface area contributed by atoms with Crippen LogP contribution >= 0.6 is 11.6 Å². The molecule has 0 saturated heterocycles. The molecule has 0 amide bonds. The minimum Gasteiger partial charge on any atom is -0.348 e. The first-order valence-electron chi connectivity index (χ1n) is 8.64. The zero-order valence-corrected chi connectivity index (χ0v) is 15.2. The van der Waals surface area contributed by atoms with Gasteiger partial charge in [0.2, 0.25) is 0 Å². The molecule has 1 atom stereocenters. The molecule has 7 nitrogen and oxygen atoms in total. The lowest BCUT2D eigenvalue weighted by molar-refractivity contribution is 0.609. The van der Waals surface area contributed by atoms with Crippen LogP contribution in [-0.2, 0) is 6.42 Å². The highest BCUT2D eigenvalue weighted by Crippen LogP contribution is 2.36. The van der Waals surface area contributed by atoms with Crippen molar-refractivity contribution in [2.75, 3.05) is 11.4 Å². The third-order valence-electron chi connectivity index (χ3n) is 4.88. The number of nitrogens with one attached hydrogen (secondary N) is 1. The Labute approximate surface area is 164 Å². The van der Waals surface area contributed by atoms with Gasteiger partial charge in [0.25, 0.3) is 0 Å². The Hall–Kier alpha value is -3.44. The number of nitriles is 1. The van der Waals surface area contributed by atoms with Crippen molar-refractivity contribution >= 4 is 22.9 Å². The summed E-state index contributed by atoms with van der Waals surface area (Å²) in [4.78, 5) is 14.0. The summed E-state index contributed by atoms with van der Waals surface area (Å²) in [5.41, 5.74) is 3.24. The first kappa shape index (κ1) is 16.7. The number of aromatic amines is 1. The first-order valence-corrected chi connectivity index (χ1v) is 9.02. The molecule has 0 radical (unpaired) electrons. The van der Waals surface area contributed by atoms with Gasteiger partial charge in [-0.2, -0.15) is 10.4 Å². The standard InChI is InChI=1S/C19H13ClFN7/c20-16-6-11(9-22)7-17(25-16)27-5-3-13-18(24-10-23-13)19(27)14-8-15-12(21)2-1-4-28(15)26-14/h1-2,4,6-8,10,19H,3,5H2,(H,23,24)/t19-/m0/s1. The largest absolute Gasteiger partial charge is 0.348 e. The Morgan fingerprint density at radius 1 is 1.32 bits per heavy atom. The van der Waals surface area contributed by atoms with Crippen molar-refractivity contribution in [1.82, 2.24) is 24.6 Å². The van der Waals surface area contributed by atoms with Crippen LogP contribution in [0.2, 0.25) is 5.15 Å².